The summed E-state index contributed by atoms with van der Waals surface area (Å²) in [5.41, 5.74) is 3.16. The molecule has 0 aliphatic rings. The first-order valence-corrected chi connectivity index (χ1v) is 6.64. The second-order valence-corrected chi connectivity index (χ2v) is 4.84. The van der Waals surface area contributed by atoms with E-state index in [9.17, 15) is 0 Å². The van der Waals surface area contributed by atoms with Gasteiger partial charge >= 0.3 is 0 Å². The Kier molecular flexibility index (Phi) is 5.39. The molecule has 92 valence electrons. The van der Waals surface area contributed by atoms with Crippen LogP contribution in [0.2, 0.25) is 0 Å². The van der Waals surface area contributed by atoms with E-state index in [1.807, 2.05) is 27.7 Å². The fraction of sp³-hybridized carbons (Fsp3) is 0.583. The van der Waals surface area contributed by atoms with Crippen LogP contribution in [0, 0.1) is 32.1 Å². The molecule has 1 rings (SSSR count). The fourth-order valence-electron chi connectivity index (χ4n) is 1.35. The van der Waals surface area contributed by atoms with Crippen LogP contribution >= 0.6 is 11.8 Å². The van der Waals surface area contributed by atoms with E-state index >= 15 is 0 Å². The third-order valence-corrected chi connectivity index (χ3v) is 3.54. The smallest absolute Gasteiger partial charge is 0.188 e. The van der Waals surface area contributed by atoms with E-state index in [2.05, 4.69) is 21.4 Å². The monoisotopic (exact) mass is 250 g/mol. The molecule has 0 fully saturated rings. The van der Waals surface area contributed by atoms with Crippen molar-refractivity contribution in [2.75, 3.05) is 12.3 Å². The Hall–Kier alpha value is -1.12. The van der Waals surface area contributed by atoms with Crippen LogP contribution in [0.4, 0.5) is 0 Å². The maximum Gasteiger partial charge on any atom is 0.188 e. The molecular formula is C12H18N4S. The van der Waals surface area contributed by atoms with Gasteiger partial charge in [0.2, 0.25) is 0 Å². The lowest BCUT2D eigenvalue weighted by molar-refractivity contribution is 0.676. The maximum atomic E-state index is 8.92. The van der Waals surface area contributed by atoms with Gasteiger partial charge in [0, 0.05) is 17.1 Å². The van der Waals surface area contributed by atoms with Gasteiger partial charge < -0.3 is 5.32 Å². The molecule has 17 heavy (non-hydrogen) atoms. The molecule has 0 aliphatic carbocycles. The molecule has 0 saturated carbocycles. The average molecular weight is 250 g/mol. The largest absolute Gasteiger partial charge is 0.302 e. The van der Waals surface area contributed by atoms with Crippen molar-refractivity contribution in [2.24, 2.45) is 0 Å². The molecule has 5 heteroatoms. The second-order valence-electron chi connectivity index (χ2n) is 3.85. The van der Waals surface area contributed by atoms with Crippen molar-refractivity contribution in [1.82, 2.24) is 15.3 Å². The Balaban J connectivity index is 2.67. The fourth-order valence-corrected chi connectivity index (χ4v) is 2.26. The molecule has 4 nitrogen and oxygen atoms in total. The maximum absolute atomic E-state index is 8.92. The minimum Gasteiger partial charge on any atom is -0.302 e. The second kappa shape index (κ2) is 6.58. The molecule has 1 N–H and O–H groups in total. The summed E-state index contributed by atoms with van der Waals surface area (Å²) >= 11 is 1.52. The molecule has 0 spiro atoms. The van der Waals surface area contributed by atoms with E-state index in [1.54, 1.807) is 0 Å². The number of thioether (sulfide) groups is 1. The van der Waals surface area contributed by atoms with Crippen LogP contribution < -0.4 is 5.32 Å². The van der Waals surface area contributed by atoms with Crippen LogP contribution in [0.25, 0.3) is 0 Å². The molecule has 0 aliphatic heterocycles. The Morgan fingerprint density at radius 2 is 1.88 bits per heavy atom. The Morgan fingerprint density at radius 3 is 2.35 bits per heavy atom. The Labute approximate surface area is 107 Å². The third-order valence-electron chi connectivity index (χ3n) is 2.60. The lowest BCUT2D eigenvalue weighted by Crippen LogP contribution is -2.29. The van der Waals surface area contributed by atoms with Gasteiger partial charge in [-0.05, 0) is 32.9 Å². The number of rotatable bonds is 5. The SMILES string of the molecule is CCNC(C#N)CSc1nc(C)c(C)c(C)n1. The van der Waals surface area contributed by atoms with Crippen LogP contribution in [0.1, 0.15) is 23.9 Å². The minimum atomic E-state index is -0.143. The van der Waals surface area contributed by atoms with Crippen molar-refractivity contribution >= 4 is 11.8 Å². The molecule has 0 amide bonds. The highest BCUT2D eigenvalue weighted by Gasteiger charge is 2.09. The zero-order valence-electron chi connectivity index (χ0n) is 10.7. The highest BCUT2D eigenvalue weighted by atomic mass is 32.2. The van der Waals surface area contributed by atoms with Gasteiger partial charge in [-0.1, -0.05) is 18.7 Å². The van der Waals surface area contributed by atoms with Crippen molar-refractivity contribution in [3.8, 4) is 6.07 Å². The van der Waals surface area contributed by atoms with Gasteiger partial charge in [0.1, 0.15) is 6.04 Å². The first kappa shape index (κ1) is 13.9. The predicted octanol–water partition coefficient (Wildman–Crippen LogP) is 2.00. The third kappa shape index (κ3) is 3.99. The lowest BCUT2D eigenvalue weighted by Gasteiger charge is -2.10. The summed E-state index contributed by atoms with van der Waals surface area (Å²) in [4.78, 5) is 8.83. The first-order valence-electron chi connectivity index (χ1n) is 5.66. The van der Waals surface area contributed by atoms with Crippen LogP contribution in [0.15, 0.2) is 5.16 Å². The highest BCUT2D eigenvalue weighted by Crippen LogP contribution is 2.17. The molecule has 1 heterocycles. The summed E-state index contributed by atoms with van der Waals surface area (Å²) in [6.45, 7) is 8.79. The van der Waals surface area contributed by atoms with Crippen molar-refractivity contribution in [3.63, 3.8) is 0 Å². The number of hydrogen-bond donors (Lipinski definition) is 1. The summed E-state index contributed by atoms with van der Waals surface area (Å²) in [6.07, 6.45) is 0. The molecule has 1 aromatic rings. The van der Waals surface area contributed by atoms with Crippen molar-refractivity contribution in [2.45, 2.75) is 38.9 Å². The van der Waals surface area contributed by atoms with Gasteiger partial charge in [-0.2, -0.15) is 5.26 Å². The van der Waals surface area contributed by atoms with Gasteiger partial charge in [0.05, 0.1) is 6.07 Å². The van der Waals surface area contributed by atoms with Crippen molar-refractivity contribution in [3.05, 3.63) is 17.0 Å². The minimum absolute atomic E-state index is 0.143. The molecule has 1 aromatic heterocycles. The van der Waals surface area contributed by atoms with E-state index in [0.717, 1.165) is 28.7 Å². The molecule has 0 aromatic carbocycles. The molecule has 0 bridgehead atoms. The van der Waals surface area contributed by atoms with E-state index in [1.165, 1.54) is 11.8 Å². The average Bonchev–Trinajstić information content (AvgIpc) is 2.31. The van der Waals surface area contributed by atoms with Gasteiger partial charge in [0.15, 0.2) is 5.16 Å². The standard InChI is InChI=1S/C12H18N4S/c1-5-14-11(6-13)7-17-12-15-9(3)8(2)10(4)16-12/h11,14H,5,7H2,1-4H3. The number of hydrogen-bond acceptors (Lipinski definition) is 5. The van der Waals surface area contributed by atoms with Gasteiger partial charge in [0.25, 0.3) is 0 Å². The number of nitrogens with zero attached hydrogens (tertiary/aromatic N) is 3. The molecule has 1 atom stereocenters. The quantitative estimate of drug-likeness (QED) is 0.639. The van der Waals surface area contributed by atoms with Crippen molar-refractivity contribution < 1.29 is 0 Å². The summed E-state index contributed by atoms with van der Waals surface area (Å²) in [5.74, 6) is 0.673. The normalized spacial score (nSPS) is 12.2. The van der Waals surface area contributed by atoms with Gasteiger partial charge in [-0.25, -0.2) is 9.97 Å². The van der Waals surface area contributed by atoms with E-state index in [0.29, 0.717) is 5.75 Å². The molecule has 0 saturated heterocycles. The summed E-state index contributed by atoms with van der Waals surface area (Å²) in [6, 6.07) is 2.08. The number of nitrogens with one attached hydrogen (secondary N) is 1. The number of nitriles is 1. The first-order chi connectivity index (χ1) is 8.08. The Bertz CT molecular complexity index is 402. The topological polar surface area (TPSA) is 61.6 Å². The zero-order valence-corrected chi connectivity index (χ0v) is 11.6. The van der Waals surface area contributed by atoms with E-state index in [-0.39, 0.29) is 6.04 Å². The zero-order chi connectivity index (χ0) is 12.8. The van der Waals surface area contributed by atoms with Crippen LogP contribution in [0.5, 0.6) is 0 Å². The van der Waals surface area contributed by atoms with E-state index < -0.39 is 0 Å². The predicted molar refractivity (Wildman–Crippen MR) is 70.0 cm³/mol. The molecule has 0 radical (unpaired) electrons. The molecule has 1 unspecified atom stereocenters. The number of aromatic nitrogens is 2. The van der Waals surface area contributed by atoms with Crippen LogP contribution in [-0.4, -0.2) is 28.3 Å². The van der Waals surface area contributed by atoms with Crippen molar-refractivity contribution in [1.29, 1.82) is 5.26 Å². The number of aryl methyl sites for hydroxylation is 2. The summed E-state index contributed by atoms with van der Waals surface area (Å²) < 4.78 is 0. The van der Waals surface area contributed by atoms with Crippen LogP contribution in [-0.2, 0) is 0 Å². The molecular weight excluding hydrogens is 232 g/mol. The van der Waals surface area contributed by atoms with Crippen LogP contribution in [0.3, 0.4) is 0 Å². The lowest BCUT2D eigenvalue weighted by atomic mass is 10.2. The Morgan fingerprint density at radius 1 is 1.29 bits per heavy atom. The summed E-state index contributed by atoms with van der Waals surface area (Å²) in [7, 11) is 0. The van der Waals surface area contributed by atoms with Gasteiger partial charge in [-0.15, -0.1) is 0 Å². The van der Waals surface area contributed by atoms with Gasteiger partial charge in [-0.3, -0.25) is 0 Å². The van der Waals surface area contributed by atoms with E-state index in [4.69, 9.17) is 5.26 Å². The highest BCUT2D eigenvalue weighted by molar-refractivity contribution is 7.99. The summed E-state index contributed by atoms with van der Waals surface area (Å²) in [5, 5.41) is 12.8.